The second kappa shape index (κ2) is 5.13. The lowest BCUT2D eigenvalue weighted by Gasteiger charge is -2.16. The molecule has 0 radical (unpaired) electrons. The van der Waals surface area contributed by atoms with Gasteiger partial charge in [0.25, 0.3) is 0 Å². The Morgan fingerprint density at radius 1 is 1.19 bits per heavy atom. The van der Waals surface area contributed by atoms with Gasteiger partial charge in [-0.3, -0.25) is 4.79 Å². The number of rotatable bonds is 3. The smallest absolute Gasteiger partial charge is 0.228 e. The van der Waals surface area contributed by atoms with E-state index in [1.165, 1.54) is 5.56 Å². The van der Waals surface area contributed by atoms with Crippen LogP contribution in [-0.2, 0) is 11.2 Å². The summed E-state index contributed by atoms with van der Waals surface area (Å²) >= 11 is 0. The summed E-state index contributed by atoms with van der Waals surface area (Å²) in [6.07, 6.45) is 0.405. The Morgan fingerprint density at radius 3 is 2.71 bits per heavy atom. The lowest BCUT2D eigenvalue weighted by Crippen LogP contribution is -2.04. The summed E-state index contributed by atoms with van der Waals surface area (Å²) in [7, 11) is 0. The van der Waals surface area contributed by atoms with Gasteiger partial charge in [-0.25, -0.2) is 0 Å². The van der Waals surface area contributed by atoms with Crippen molar-refractivity contribution in [1.82, 2.24) is 0 Å². The molecule has 21 heavy (non-hydrogen) atoms. The van der Waals surface area contributed by atoms with Crippen LogP contribution >= 0.6 is 0 Å². The Kier molecular flexibility index (Phi) is 3.29. The van der Waals surface area contributed by atoms with Crippen molar-refractivity contribution in [2.24, 2.45) is 0 Å². The monoisotopic (exact) mass is 281 g/mol. The number of amides is 1. The zero-order valence-corrected chi connectivity index (χ0v) is 12.2. The molecule has 0 atom stereocenters. The van der Waals surface area contributed by atoms with E-state index in [4.69, 9.17) is 5.73 Å². The average Bonchev–Trinajstić information content (AvgIpc) is 2.78. The highest BCUT2D eigenvalue weighted by Gasteiger charge is 2.19. The number of para-hydroxylation sites is 1. The average molecular weight is 281 g/mol. The molecule has 1 amide bonds. The topological polar surface area (TPSA) is 67.1 Å². The standard InChI is InChI=1S/C17H19N3O/c1-10(2)12-5-3-4-6-14(12)19-16-9-15-11(7-13(16)18)8-17(21)20-15/h3-7,9-10,19H,8,18H2,1-2H3,(H,20,21). The van der Waals surface area contributed by atoms with Gasteiger partial charge in [-0.2, -0.15) is 0 Å². The summed E-state index contributed by atoms with van der Waals surface area (Å²) < 4.78 is 0. The van der Waals surface area contributed by atoms with Crippen LogP contribution in [-0.4, -0.2) is 5.91 Å². The Morgan fingerprint density at radius 2 is 1.95 bits per heavy atom. The number of hydrogen-bond donors (Lipinski definition) is 3. The minimum Gasteiger partial charge on any atom is -0.397 e. The normalized spacial score (nSPS) is 13.2. The third kappa shape index (κ3) is 2.57. The fourth-order valence-corrected chi connectivity index (χ4v) is 2.66. The molecule has 1 aliphatic heterocycles. The molecule has 4 nitrogen and oxygen atoms in total. The van der Waals surface area contributed by atoms with Gasteiger partial charge in [-0.05, 0) is 35.2 Å². The number of nitrogens with one attached hydrogen (secondary N) is 2. The molecule has 0 unspecified atom stereocenters. The van der Waals surface area contributed by atoms with E-state index in [9.17, 15) is 4.79 Å². The predicted octanol–water partition coefficient (Wildman–Crippen LogP) is 3.63. The number of fused-ring (bicyclic) bond motifs is 1. The SMILES string of the molecule is CC(C)c1ccccc1Nc1cc2c(cc1N)CC(=O)N2. The van der Waals surface area contributed by atoms with Crippen molar-refractivity contribution >= 4 is 28.7 Å². The van der Waals surface area contributed by atoms with E-state index in [2.05, 4.69) is 30.5 Å². The largest absolute Gasteiger partial charge is 0.397 e. The van der Waals surface area contributed by atoms with Gasteiger partial charge in [0.15, 0.2) is 0 Å². The quantitative estimate of drug-likeness (QED) is 0.753. The molecule has 0 saturated heterocycles. The van der Waals surface area contributed by atoms with Gasteiger partial charge < -0.3 is 16.4 Å². The van der Waals surface area contributed by atoms with E-state index in [-0.39, 0.29) is 5.91 Å². The molecule has 0 fully saturated rings. The van der Waals surface area contributed by atoms with Crippen molar-refractivity contribution in [3.63, 3.8) is 0 Å². The van der Waals surface area contributed by atoms with Crippen LogP contribution in [0.1, 0.15) is 30.9 Å². The first-order chi connectivity index (χ1) is 10.0. The van der Waals surface area contributed by atoms with Crippen LogP contribution in [0.4, 0.5) is 22.7 Å². The predicted molar refractivity (Wildman–Crippen MR) is 87.0 cm³/mol. The maximum Gasteiger partial charge on any atom is 0.228 e. The Bertz CT molecular complexity index is 707. The van der Waals surface area contributed by atoms with Gasteiger partial charge >= 0.3 is 0 Å². The molecular formula is C17H19N3O. The molecule has 0 bridgehead atoms. The zero-order valence-electron chi connectivity index (χ0n) is 12.2. The number of hydrogen-bond acceptors (Lipinski definition) is 3. The van der Waals surface area contributed by atoms with Gasteiger partial charge in [-0.15, -0.1) is 0 Å². The van der Waals surface area contributed by atoms with Crippen molar-refractivity contribution in [2.75, 3.05) is 16.4 Å². The molecule has 0 saturated carbocycles. The molecule has 2 aromatic rings. The van der Waals surface area contributed by atoms with E-state index in [0.29, 0.717) is 18.0 Å². The number of anilines is 4. The molecule has 108 valence electrons. The fraction of sp³-hybridized carbons (Fsp3) is 0.235. The third-order valence-electron chi connectivity index (χ3n) is 3.75. The Labute approximate surface area is 124 Å². The lowest BCUT2D eigenvalue weighted by atomic mass is 10.0. The molecule has 0 spiro atoms. The molecule has 0 aliphatic carbocycles. The number of benzene rings is 2. The molecule has 4 heteroatoms. The fourth-order valence-electron chi connectivity index (χ4n) is 2.66. The van der Waals surface area contributed by atoms with Crippen LogP contribution in [0.5, 0.6) is 0 Å². The van der Waals surface area contributed by atoms with Gasteiger partial charge in [-0.1, -0.05) is 32.0 Å². The lowest BCUT2D eigenvalue weighted by molar-refractivity contribution is -0.115. The van der Waals surface area contributed by atoms with Crippen LogP contribution in [0.3, 0.4) is 0 Å². The van der Waals surface area contributed by atoms with Gasteiger partial charge in [0.05, 0.1) is 17.8 Å². The number of nitrogens with two attached hydrogens (primary N) is 1. The second-order valence-electron chi connectivity index (χ2n) is 5.69. The summed E-state index contributed by atoms with van der Waals surface area (Å²) in [4.78, 5) is 11.5. The molecule has 0 aromatic heterocycles. The molecule has 2 aromatic carbocycles. The minimum absolute atomic E-state index is 0.0177. The highest BCUT2D eigenvalue weighted by Crippen LogP contribution is 2.35. The highest BCUT2D eigenvalue weighted by molar-refractivity contribution is 6.01. The third-order valence-corrected chi connectivity index (χ3v) is 3.75. The molecule has 1 heterocycles. The van der Waals surface area contributed by atoms with Crippen LogP contribution in [0.2, 0.25) is 0 Å². The Balaban J connectivity index is 1.96. The van der Waals surface area contributed by atoms with Gasteiger partial charge in [0, 0.05) is 11.4 Å². The summed E-state index contributed by atoms with van der Waals surface area (Å²) in [5.41, 5.74) is 11.7. The maximum absolute atomic E-state index is 11.5. The van der Waals surface area contributed by atoms with Crippen molar-refractivity contribution in [1.29, 1.82) is 0 Å². The van der Waals surface area contributed by atoms with E-state index in [0.717, 1.165) is 22.6 Å². The van der Waals surface area contributed by atoms with Crippen LogP contribution in [0, 0.1) is 0 Å². The van der Waals surface area contributed by atoms with Crippen molar-refractivity contribution < 1.29 is 4.79 Å². The van der Waals surface area contributed by atoms with Crippen molar-refractivity contribution in [3.05, 3.63) is 47.5 Å². The van der Waals surface area contributed by atoms with Crippen molar-refractivity contribution in [2.45, 2.75) is 26.2 Å². The molecule has 1 aliphatic rings. The first kappa shape index (κ1) is 13.5. The van der Waals surface area contributed by atoms with Crippen LogP contribution in [0.15, 0.2) is 36.4 Å². The molecular weight excluding hydrogens is 262 g/mol. The first-order valence-corrected chi connectivity index (χ1v) is 7.13. The Hall–Kier alpha value is -2.49. The van der Waals surface area contributed by atoms with E-state index in [1.807, 2.05) is 30.3 Å². The zero-order chi connectivity index (χ0) is 15.0. The van der Waals surface area contributed by atoms with Crippen LogP contribution < -0.4 is 16.4 Å². The van der Waals surface area contributed by atoms with Gasteiger partial charge in [0.2, 0.25) is 5.91 Å². The van der Waals surface area contributed by atoms with E-state index < -0.39 is 0 Å². The van der Waals surface area contributed by atoms with Gasteiger partial charge in [0.1, 0.15) is 0 Å². The van der Waals surface area contributed by atoms with Crippen LogP contribution in [0.25, 0.3) is 0 Å². The summed E-state index contributed by atoms with van der Waals surface area (Å²) in [6, 6.07) is 12.0. The number of nitrogen functional groups attached to an aromatic ring is 1. The maximum atomic E-state index is 11.5. The summed E-state index contributed by atoms with van der Waals surface area (Å²) in [5, 5.41) is 6.24. The minimum atomic E-state index is 0.0177. The molecule has 3 rings (SSSR count). The summed E-state index contributed by atoms with van der Waals surface area (Å²) in [5.74, 6) is 0.438. The van der Waals surface area contributed by atoms with E-state index in [1.54, 1.807) is 0 Å². The number of carbonyl (C=O) groups excluding carboxylic acids is 1. The number of carbonyl (C=O) groups is 1. The van der Waals surface area contributed by atoms with E-state index >= 15 is 0 Å². The second-order valence-corrected chi connectivity index (χ2v) is 5.69. The summed E-state index contributed by atoms with van der Waals surface area (Å²) in [6.45, 7) is 4.32. The highest BCUT2D eigenvalue weighted by atomic mass is 16.1. The first-order valence-electron chi connectivity index (χ1n) is 7.13. The molecule has 4 N–H and O–H groups in total. The van der Waals surface area contributed by atoms with Crippen molar-refractivity contribution in [3.8, 4) is 0 Å².